The summed E-state index contributed by atoms with van der Waals surface area (Å²) in [7, 11) is 0. The average molecular weight is 297 g/mol. The van der Waals surface area contributed by atoms with Gasteiger partial charge in [-0.05, 0) is 37.2 Å². The smallest absolute Gasteiger partial charge is 0.164 e. The van der Waals surface area contributed by atoms with E-state index in [1.165, 1.54) is 0 Å². The van der Waals surface area contributed by atoms with Crippen molar-refractivity contribution in [2.45, 2.75) is 43.7 Å². The van der Waals surface area contributed by atoms with Crippen molar-refractivity contribution in [1.82, 2.24) is 15.0 Å². The number of Topliss-reactive ketones (excluding diaryl/α,β-unsaturated/α-hetero) is 1. The summed E-state index contributed by atoms with van der Waals surface area (Å²) < 4.78 is 1.56. The highest BCUT2D eigenvalue weighted by molar-refractivity contribution is 5.92. The van der Waals surface area contributed by atoms with Crippen LogP contribution in [0, 0.1) is 5.92 Å². The fourth-order valence-electron chi connectivity index (χ4n) is 3.09. The molecule has 2 saturated carbocycles. The molecule has 1 atom stereocenters. The van der Waals surface area contributed by atoms with Gasteiger partial charge in [-0.2, -0.15) is 0 Å². The van der Waals surface area contributed by atoms with Crippen LogP contribution in [-0.2, 0) is 16.8 Å². The maximum atomic E-state index is 12.7. The third kappa shape index (κ3) is 2.35. The van der Waals surface area contributed by atoms with E-state index in [2.05, 4.69) is 10.3 Å². The van der Waals surface area contributed by atoms with Crippen LogP contribution in [-0.4, -0.2) is 25.9 Å². The Bertz CT molecular complexity index is 687. The number of benzene rings is 1. The maximum Gasteiger partial charge on any atom is 0.164 e. The van der Waals surface area contributed by atoms with Crippen LogP contribution in [0.3, 0.4) is 0 Å². The fraction of sp³-hybridized carbons (Fsp3) is 0.471. The van der Waals surface area contributed by atoms with Crippen molar-refractivity contribution >= 4 is 5.78 Å². The predicted molar refractivity (Wildman–Crippen MR) is 80.1 cm³/mol. The third-order valence-electron chi connectivity index (χ3n) is 4.84. The molecule has 4 rings (SSSR count). The summed E-state index contributed by atoms with van der Waals surface area (Å²) in [6, 6.07) is 9.96. The molecular weight excluding hydrogens is 278 g/mol. The van der Waals surface area contributed by atoms with Gasteiger partial charge in [0.05, 0.1) is 11.6 Å². The van der Waals surface area contributed by atoms with Crippen molar-refractivity contribution in [3.8, 4) is 0 Å². The lowest BCUT2D eigenvalue weighted by molar-refractivity contribution is -0.122. The lowest BCUT2D eigenvalue weighted by atomic mass is 9.91. The molecule has 2 aliphatic carbocycles. The van der Waals surface area contributed by atoms with Crippen LogP contribution in [0.4, 0.5) is 0 Å². The van der Waals surface area contributed by atoms with Crippen LogP contribution in [0.25, 0.3) is 0 Å². The Kier molecular flexibility index (Phi) is 3.11. The molecule has 5 nitrogen and oxygen atoms in total. The highest BCUT2D eigenvalue weighted by Crippen LogP contribution is 2.49. The Hall–Kier alpha value is -2.01. The van der Waals surface area contributed by atoms with Gasteiger partial charge in [-0.15, -0.1) is 5.10 Å². The minimum absolute atomic E-state index is 0.177. The minimum atomic E-state index is -0.534. The fourth-order valence-corrected chi connectivity index (χ4v) is 3.09. The number of hydrogen-bond acceptors (Lipinski definition) is 4. The van der Waals surface area contributed by atoms with E-state index in [1.54, 1.807) is 10.9 Å². The van der Waals surface area contributed by atoms with Crippen LogP contribution in [0.2, 0.25) is 0 Å². The molecule has 2 aromatic rings. The van der Waals surface area contributed by atoms with Gasteiger partial charge in [-0.3, -0.25) is 4.79 Å². The Balaban J connectivity index is 1.48. The average Bonchev–Trinajstić information content (AvgIpc) is 3.45. The predicted octanol–water partition coefficient (Wildman–Crippen LogP) is 2.02. The highest BCUT2D eigenvalue weighted by atomic mass is 16.3. The number of aliphatic hydroxyl groups excluding tert-OH is 1. The Morgan fingerprint density at radius 3 is 2.68 bits per heavy atom. The van der Waals surface area contributed by atoms with Crippen LogP contribution < -0.4 is 0 Å². The summed E-state index contributed by atoms with van der Waals surface area (Å²) in [5, 5.41) is 18.1. The zero-order valence-electron chi connectivity index (χ0n) is 12.4. The molecule has 0 radical (unpaired) electrons. The summed E-state index contributed by atoms with van der Waals surface area (Å²) in [6.45, 7) is 0.222. The van der Waals surface area contributed by atoms with Gasteiger partial charge in [-0.25, -0.2) is 4.68 Å². The summed E-state index contributed by atoms with van der Waals surface area (Å²) >= 11 is 0. The molecule has 114 valence electrons. The van der Waals surface area contributed by atoms with Crippen LogP contribution in [0.1, 0.15) is 43.0 Å². The summed E-state index contributed by atoms with van der Waals surface area (Å²) in [4.78, 5) is 12.7. The molecule has 1 aromatic carbocycles. The van der Waals surface area contributed by atoms with E-state index in [-0.39, 0.29) is 17.7 Å². The maximum absolute atomic E-state index is 12.7. The first-order valence-corrected chi connectivity index (χ1v) is 7.86. The SMILES string of the molecule is O=C(Cn1cc([C@H](O)C2CC2)nn1)C1(c2ccccc2)CC1. The number of carbonyl (C=O) groups is 1. The van der Waals surface area contributed by atoms with E-state index in [0.29, 0.717) is 11.6 Å². The molecule has 2 fully saturated rings. The van der Waals surface area contributed by atoms with Crippen LogP contribution in [0.5, 0.6) is 0 Å². The first kappa shape index (κ1) is 13.6. The van der Waals surface area contributed by atoms with E-state index in [0.717, 1.165) is 31.2 Å². The number of hydrogen-bond donors (Lipinski definition) is 1. The molecule has 0 spiro atoms. The molecule has 1 heterocycles. The summed E-state index contributed by atoms with van der Waals surface area (Å²) in [6.07, 6.45) is 5.08. The Morgan fingerprint density at radius 1 is 1.32 bits per heavy atom. The number of carbonyl (C=O) groups excluding carboxylic acids is 1. The Labute approximate surface area is 129 Å². The lowest BCUT2D eigenvalue weighted by Gasteiger charge is -2.14. The van der Waals surface area contributed by atoms with E-state index < -0.39 is 6.10 Å². The van der Waals surface area contributed by atoms with Gasteiger partial charge in [0.1, 0.15) is 18.3 Å². The third-order valence-corrected chi connectivity index (χ3v) is 4.84. The van der Waals surface area contributed by atoms with Crippen LogP contribution in [0.15, 0.2) is 36.5 Å². The largest absolute Gasteiger partial charge is 0.386 e. The summed E-state index contributed by atoms with van der Waals surface area (Å²) in [5.74, 6) is 0.496. The summed E-state index contributed by atoms with van der Waals surface area (Å²) in [5.41, 5.74) is 1.35. The molecule has 0 unspecified atom stereocenters. The minimum Gasteiger partial charge on any atom is -0.386 e. The number of ketones is 1. The molecule has 0 bridgehead atoms. The zero-order valence-corrected chi connectivity index (χ0v) is 12.4. The van der Waals surface area contributed by atoms with Gasteiger partial charge in [0, 0.05) is 0 Å². The second-order valence-electron chi connectivity index (χ2n) is 6.49. The van der Waals surface area contributed by atoms with Crippen molar-refractivity contribution in [1.29, 1.82) is 0 Å². The van der Waals surface area contributed by atoms with Crippen molar-refractivity contribution in [3.63, 3.8) is 0 Å². The zero-order chi connectivity index (χ0) is 15.2. The van der Waals surface area contributed by atoms with E-state index in [1.807, 2.05) is 30.3 Å². The van der Waals surface area contributed by atoms with E-state index in [4.69, 9.17) is 0 Å². The first-order chi connectivity index (χ1) is 10.7. The molecule has 0 aliphatic heterocycles. The molecule has 1 aromatic heterocycles. The first-order valence-electron chi connectivity index (χ1n) is 7.86. The van der Waals surface area contributed by atoms with Crippen LogP contribution >= 0.6 is 0 Å². The van der Waals surface area contributed by atoms with Gasteiger partial charge in [0.15, 0.2) is 5.78 Å². The number of aromatic nitrogens is 3. The van der Waals surface area contributed by atoms with Gasteiger partial charge < -0.3 is 5.11 Å². The Morgan fingerprint density at radius 2 is 2.05 bits per heavy atom. The van der Waals surface area contributed by atoms with Gasteiger partial charge in [0.25, 0.3) is 0 Å². The molecule has 0 saturated heterocycles. The van der Waals surface area contributed by atoms with Crippen molar-refractivity contribution in [2.24, 2.45) is 5.92 Å². The number of nitrogens with zero attached hydrogens (tertiary/aromatic N) is 3. The van der Waals surface area contributed by atoms with E-state index in [9.17, 15) is 9.90 Å². The topological polar surface area (TPSA) is 68.0 Å². The number of aliphatic hydroxyl groups is 1. The molecule has 22 heavy (non-hydrogen) atoms. The van der Waals surface area contributed by atoms with Gasteiger partial charge in [-0.1, -0.05) is 35.5 Å². The van der Waals surface area contributed by atoms with Gasteiger partial charge in [0.2, 0.25) is 0 Å². The molecule has 0 amide bonds. The molecule has 5 heteroatoms. The molecule has 2 aliphatic rings. The van der Waals surface area contributed by atoms with Crippen molar-refractivity contribution < 1.29 is 9.90 Å². The van der Waals surface area contributed by atoms with Crippen molar-refractivity contribution in [2.75, 3.05) is 0 Å². The van der Waals surface area contributed by atoms with Crippen molar-refractivity contribution in [3.05, 3.63) is 47.8 Å². The quantitative estimate of drug-likeness (QED) is 0.885. The van der Waals surface area contributed by atoms with Gasteiger partial charge >= 0.3 is 0 Å². The lowest BCUT2D eigenvalue weighted by Crippen LogP contribution is -2.25. The second kappa shape index (κ2) is 5.02. The molecular formula is C17H19N3O2. The monoisotopic (exact) mass is 297 g/mol. The highest BCUT2D eigenvalue weighted by Gasteiger charge is 2.50. The van der Waals surface area contributed by atoms with E-state index >= 15 is 0 Å². The normalized spacial score (nSPS) is 20.6. The molecule has 1 N–H and O–H groups in total. The second-order valence-corrected chi connectivity index (χ2v) is 6.49. The number of rotatable bonds is 6. The standard InChI is InChI=1S/C17H19N3O2/c21-15(17(8-9-17)13-4-2-1-3-5-13)11-20-10-14(18-19-20)16(22)12-6-7-12/h1-5,10,12,16,22H,6-9,11H2/t16-/m1/s1.